The van der Waals surface area contributed by atoms with Crippen LogP contribution >= 0.6 is 0 Å². The molecule has 0 bridgehead atoms. The van der Waals surface area contributed by atoms with Crippen LogP contribution in [-0.4, -0.2) is 22.1 Å². The van der Waals surface area contributed by atoms with Gasteiger partial charge in [-0.3, -0.25) is 4.98 Å². The molecule has 0 spiro atoms. The van der Waals surface area contributed by atoms with Crippen molar-refractivity contribution in [3.05, 3.63) is 42.2 Å². The minimum atomic E-state index is 0.198. The summed E-state index contributed by atoms with van der Waals surface area (Å²) in [5, 5.41) is 6.75. The molecule has 0 radical (unpaired) electrons. The Morgan fingerprint density at radius 3 is 2.68 bits per heavy atom. The van der Waals surface area contributed by atoms with Gasteiger partial charge in [-0.2, -0.15) is 0 Å². The van der Waals surface area contributed by atoms with E-state index in [0.29, 0.717) is 0 Å². The summed E-state index contributed by atoms with van der Waals surface area (Å²) in [5.41, 5.74) is 8.40. The highest BCUT2D eigenvalue weighted by Gasteiger charge is 2.21. The number of hydrogen-bond donors (Lipinski definition) is 3. The van der Waals surface area contributed by atoms with Gasteiger partial charge in [-0.15, -0.1) is 0 Å². The molecule has 2 aromatic rings. The first-order chi connectivity index (χ1) is 10.7. The number of para-hydroxylation sites is 1. The van der Waals surface area contributed by atoms with Crippen LogP contribution in [0.25, 0.3) is 0 Å². The molecule has 1 aromatic heterocycles. The predicted octanol–water partition coefficient (Wildman–Crippen LogP) is 3.21. The van der Waals surface area contributed by atoms with E-state index in [0.717, 1.165) is 30.2 Å². The van der Waals surface area contributed by atoms with Crippen LogP contribution in [0.15, 0.2) is 36.7 Å². The number of hydrogen-bond acceptors (Lipinski definition) is 5. The Balaban J connectivity index is 1.71. The van der Waals surface area contributed by atoms with Crippen LogP contribution in [-0.2, 0) is 0 Å². The first-order valence-corrected chi connectivity index (χ1v) is 7.89. The van der Waals surface area contributed by atoms with Crippen molar-refractivity contribution in [1.82, 2.24) is 9.97 Å². The predicted molar refractivity (Wildman–Crippen MR) is 90.3 cm³/mol. The van der Waals surface area contributed by atoms with E-state index in [1.807, 2.05) is 18.2 Å². The molecule has 1 fully saturated rings. The summed E-state index contributed by atoms with van der Waals surface area (Å²) in [6, 6.07) is 8.62. The normalized spacial score (nSPS) is 21.4. The Bertz CT molecular complexity index is 628. The fourth-order valence-electron chi connectivity index (χ4n) is 2.88. The Kier molecular flexibility index (Phi) is 4.53. The highest BCUT2D eigenvalue weighted by molar-refractivity contribution is 5.60. The van der Waals surface area contributed by atoms with E-state index in [9.17, 15) is 0 Å². The fraction of sp³-hybridized carbons (Fsp3) is 0.412. The lowest BCUT2D eigenvalue weighted by atomic mass is 9.91. The van der Waals surface area contributed by atoms with Crippen molar-refractivity contribution >= 4 is 17.3 Å². The Morgan fingerprint density at radius 1 is 1.09 bits per heavy atom. The molecule has 0 aliphatic heterocycles. The average molecular weight is 297 g/mol. The molecule has 0 amide bonds. The monoisotopic (exact) mass is 297 g/mol. The van der Waals surface area contributed by atoms with Crippen molar-refractivity contribution in [2.75, 3.05) is 10.6 Å². The standard InChI is InChI=1S/C17H23N5/c1-12-6-2-4-8-14(12)20-16-10-19-11-17(22-16)21-15-9-5-3-7-13(15)18/h2,4,6,8,10-11,13,15H,3,5,7,9,18H2,1H3,(H2,20,21,22). The first-order valence-electron chi connectivity index (χ1n) is 7.89. The van der Waals surface area contributed by atoms with Crippen molar-refractivity contribution in [3.63, 3.8) is 0 Å². The van der Waals surface area contributed by atoms with Crippen LogP contribution in [0.3, 0.4) is 0 Å². The third kappa shape index (κ3) is 3.54. The molecule has 1 heterocycles. The summed E-state index contributed by atoms with van der Waals surface area (Å²) in [5.74, 6) is 1.52. The zero-order chi connectivity index (χ0) is 15.4. The van der Waals surface area contributed by atoms with Crippen molar-refractivity contribution in [1.29, 1.82) is 0 Å². The number of nitrogens with two attached hydrogens (primary N) is 1. The number of rotatable bonds is 4. The summed E-state index contributed by atoms with van der Waals surface area (Å²) in [7, 11) is 0. The van der Waals surface area contributed by atoms with Crippen LogP contribution in [0.1, 0.15) is 31.2 Å². The minimum absolute atomic E-state index is 0.198. The Labute approximate surface area is 131 Å². The third-order valence-corrected chi connectivity index (χ3v) is 4.20. The number of aryl methyl sites for hydroxylation is 1. The van der Waals surface area contributed by atoms with Gasteiger partial charge in [0.25, 0.3) is 0 Å². The summed E-state index contributed by atoms with van der Waals surface area (Å²) in [6.07, 6.45) is 8.10. The van der Waals surface area contributed by atoms with E-state index >= 15 is 0 Å². The van der Waals surface area contributed by atoms with Gasteiger partial charge in [0.05, 0.1) is 12.4 Å². The molecular formula is C17H23N5. The third-order valence-electron chi connectivity index (χ3n) is 4.20. The molecule has 2 unspecified atom stereocenters. The van der Waals surface area contributed by atoms with Crippen molar-refractivity contribution < 1.29 is 0 Å². The second kappa shape index (κ2) is 6.75. The number of nitrogens with one attached hydrogen (secondary N) is 2. The molecule has 0 saturated heterocycles. The summed E-state index contributed by atoms with van der Waals surface area (Å²) in [6.45, 7) is 2.07. The maximum Gasteiger partial charge on any atom is 0.151 e. The summed E-state index contributed by atoms with van der Waals surface area (Å²) in [4.78, 5) is 8.87. The van der Waals surface area contributed by atoms with Gasteiger partial charge in [0, 0.05) is 17.8 Å². The van der Waals surface area contributed by atoms with Crippen LogP contribution in [0.2, 0.25) is 0 Å². The van der Waals surface area contributed by atoms with Crippen LogP contribution in [0, 0.1) is 6.92 Å². The zero-order valence-electron chi connectivity index (χ0n) is 12.9. The molecule has 2 atom stereocenters. The molecule has 116 valence electrons. The van der Waals surface area contributed by atoms with Crippen molar-refractivity contribution in [2.24, 2.45) is 5.73 Å². The van der Waals surface area contributed by atoms with Crippen LogP contribution in [0.5, 0.6) is 0 Å². The molecule has 1 aliphatic rings. The molecule has 22 heavy (non-hydrogen) atoms. The highest BCUT2D eigenvalue weighted by atomic mass is 15.1. The van der Waals surface area contributed by atoms with Crippen molar-refractivity contribution in [3.8, 4) is 0 Å². The maximum atomic E-state index is 6.18. The van der Waals surface area contributed by atoms with Gasteiger partial charge in [-0.25, -0.2) is 4.98 Å². The lowest BCUT2D eigenvalue weighted by Crippen LogP contribution is -2.42. The zero-order valence-corrected chi connectivity index (χ0v) is 12.9. The second-order valence-electron chi connectivity index (χ2n) is 5.93. The summed E-state index contributed by atoms with van der Waals surface area (Å²) < 4.78 is 0. The number of aromatic nitrogens is 2. The van der Waals surface area contributed by atoms with Crippen LogP contribution < -0.4 is 16.4 Å². The number of benzene rings is 1. The van der Waals surface area contributed by atoms with E-state index in [4.69, 9.17) is 5.73 Å². The highest BCUT2D eigenvalue weighted by Crippen LogP contribution is 2.22. The minimum Gasteiger partial charge on any atom is -0.364 e. The lowest BCUT2D eigenvalue weighted by molar-refractivity contribution is 0.403. The average Bonchev–Trinajstić information content (AvgIpc) is 2.52. The number of nitrogens with zero attached hydrogens (tertiary/aromatic N) is 2. The topological polar surface area (TPSA) is 75.9 Å². The largest absolute Gasteiger partial charge is 0.364 e. The SMILES string of the molecule is Cc1ccccc1Nc1cncc(NC2CCCCC2N)n1. The van der Waals surface area contributed by atoms with E-state index in [-0.39, 0.29) is 12.1 Å². The Morgan fingerprint density at radius 2 is 1.86 bits per heavy atom. The first kappa shape index (κ1) is 14.8. The Hall–Kier alpha value is -2.14. The van der Waals surface area contributed by atoms with Gasteiger partial charge >= 0.3 is 0 Å². The smallest absolute Gasteiger partial charge is 0.151 e. The molecule has 1 aliphatic carbocycles. The van der Waals surface area contributed by atoms with Gasteiger partial charge < -0.3 is 16.4 Å². The van der Waals surface area contributed by atoms with Gasteiger partial charge in [-0.1, -0.05) is 31.0 Å². The molecule has 4 N–H and O–H groups in total. The van der Waals surface area contributed by atoms with E-state index in [1.54, 1.807) is 12.4 Å². The molecular weight excluding hydrogens is 274 g/mol. The molecule has 5 heteroatoms. The van der Waals surface area contributed by atoms with Crippen LogP contribution in [0.4, 0.5) is 17.3 Å². The lowest BCUT2D eigenvalue weighted by Gasteiger charge is -2.29. The van der Waals surface area contributed by atoms with E-state index in [1.165, 1.54) is 18.4 Å². The molecule has 1 saturated carbocycles. The number of anilines is 3. The van der Waals surface area contributed by atoms with E-state index in [2.05, 4.69) is 33.6 Å². The van der Waals surface area contributed by atoms with Gasteiger partial charge in [0.15, 0.2) is 5.82 Å². The second-order valence-corrected chi connectivity index (χ2v) is 5.93. The van der Waals surface area contributed by atoms with Gasteiger partial charge in [0.1, 0.15) is 5.82 Å². The fourth-order valence-corrected chi connectivity index (χ4v) is 2.88. The molecule has 3 rings (SSSR count). The molecule has 5 nitrogen and oxygen atoms in total. The van der Waals surface area contributed by atoms with E-state index < -0.39 is 0 Å². The van der Waals surface area contributed by atoms with Gasteiger partial charge in [-0.05, 0) is 31.4 Å². The maximum absolute atomic E-state index is 6.18. The van der Waals surface area contributed by atoms with Gasteiger partial charge in [0.2, 0.25) is 0 Å². The quantitative estimate of drug-likeness (QED) is 0.808. The molecule has 1 aromatic carbocycles. The summed E-state index contributed by atoms with van der Waals surface area (Å²) >= 11 is 0. The van der Waals surface area contributed by atoms with Crippen molar-refractivity contribution in [2.45, 2.75) is 44.7 Å².